The first kappa shape index (κ1) is 13.3. The number of fused-ring (bicyclic) bond motifs is 1. The van der Waals surface area contributed by atoms with Gasteiger partial charge in [-0.05, 0) is 37.1 Å². The lowest BCUT2D eigenvalue weighted by atomic mass is 10.1. The molecule has 0 atom stereocenters. The summed E-state index contributed by atoms with van der Waals surface area (Å²) >= 11 is 7.57. The molecule has 5 heteroatoms. The van der Waals surface area contributed by atoms with Crippen LogP contribution in [0, 0.1) is 6.92 Å². The number of aryl methyl sites for hydroxylation is 1. The second-order valence-electron chi connectivity index (χ2n) is 4.60. The minimum atomic E-state index is 0.771. The lowest BCUT2D eigenvalue weighted by molar-refractivity contribution is 1.01. The first-order valence-electron chi connectivity index (χ1n) is 6.42. The lowest BCUT2D eigenvalue weighted by Crippen LogP contribution is -2.06. The molecule has 0 fully saturated rings. The highest BCUT2D eigenvalue weighted by Crippen LogP contribution is 2.27. The number of anilines is 1. The van der Waals surface area contributed by atoms with Gasteiger partial charge in [-0.3, -0.25) is 0 Å². The van der Waals surface area contributed by atoms with Crippen LogP contribution in [0.1, 0.15) is 10.4 Å². The third-order valence-electron chi connectivity index (χ3n) is 3.07. The molecular formula is C15H14ClN3S. The average molecular weight is 304 g/mol. The number of benzene rings is 1. The molecule has 1 N–H and O–H groups in total. The van der Waals surface area contributed by atoms with Crippen LogP contribution < -0.4 is 5.32 Å². The highest BCUT2D eigenvalue weighted by Gasteiger charge is 2.06. The molecule has 0 saturated heterocycles. The first-order chi connectivity index (χ1) is 9.72. The predicted octanol–water partition coefficient (Wildman–Crippen LogP) is 4.31. The SMILES string of the molecule is Cc1cc2c(NCCc3ccc(Cl)cc3)ncnc2s1. The van der Waals surface area contributed by atoms with Gasteiger partial charge >= 0.3 is 0 Å². The molecule has 102 valence electrons. The van der Waals surface area contributed by atoms with Crippen molar-refractivity contribution < 1.29 is 0 Å². The van der Waals surface area contributed by atoms with Crippen LogP contribution >= 0.6 is 22.9 Å². The number of nitrogens with zero attached hydrogens (tertiary/aromatic N) is 2. The molecule has 20 heavy (non-hydrogen) atoms. The van der Waals surface area contributed by atoms with E-state index in [9.17, 15) is 0 Å². The van der Waals surface area contributed by atoms with Crippen LogP contribution in [0.5, 0.6) is 0 Å². The van der Waals surface area contributed by atoms with Gasteiger partial charge in [0, 0.05) is 16.4 Å². The molecular weight excluding hydrogens is 290 g/mol. The van der Waals surface area contributed by atoms with E-state index in [0.717, 1.165) is 34.0 Å². The van der Waals surface area contributed by atoms with Crippen LogP contribution in [0.25, 0.3) is 10.2 Å². The molecule has 2 heterocycles. The van der Waals surface area contributed by atoms with Gasteiger partial charge in [0.1, 0.15) is 17.0 Å². The summed E-state index contributed by atoms with van der Waals surface area (Å²) < 4.78 is 0. The molecule has 3 aromatic rings. The van der Waals surface area contributed by atoms with E-state index < -0.39 is 0 Å². The average Bonchev–Trinajstić information content (AvgIpc) is 2.82. The summed E-state index contributed by atoms with van der Waals surface area (Å²) in [6.07, 6.45) is 2.55. The maximum absolute atomic E-state index is 5.88. The predicted molar refractivity (Wildman–Crippen MR) is 85.8 cm³/mol. The third-order valence-corrected chi connectivity index (χ3v) is 4.28. The van der Waals surface area contributed by atoms with Gasteiger partial charge in [-0.2, -0.15) is 0 Å². The summed E-state index contributed by atoms with van der Waals surface area (Å²) in [5.41, 5.74) is 1.26. The van der Waals surface area contributed by atoms with E-state index >= 15 is 0 Å². The van der Waals surface area contributed by atoms with Crippen LogP contribution in [0.3, 0.4) is 0 Å². The largest absolute Gasteiger partial charge is 0.369 e. The van der Waals surface area contributed by atoms with Crippen molar-refractivity contribution in [2.75, 3.05) is 11.9 Å². The monoisotopic (exact) mass is 303 g/mol. The van der Waals surface area contributed by atoms with Gasteiger partial charge in [0.25, 0.3) is 0 Å². The molecule has 0 aliphatic carbocycles. The maximum atomic E-state index is 5.88. The summed E-state index contributed by atoms with van der Waals surface area (Å²) in [6.45, 7) is 2.92. The van der Waals surface area contributed by atoms with Gasteiger partial charge in [-0.25, -0.2) is 9.97 Å². The maximum Gasteiger partial charge on any atom is 0.138 e. The zero-order valence-corrected chi connectivity index (χ0v) is 12.6. The van der Waals surface area contributed by atoms with Gasteiger partial charge < -0.3 is 5.32 Å². The summed E-state index contributed by atoms with van der Waals surface area (Å²) in [7, 11) is 0. The van der Waals surface area contributed by atoms with Crippen LogP contribution in [0.4, 0.5) is 5.82 Å². The first-order valence-corrected chi connectivity index (χ1v) is 7.61. The quantitative estimate of drug-likeness (QED) is 0.780. The molecule has 0 amide bonds. The Hall–Kier alpha value is -1.65. The minimum absolute atomic E-state index is 0.771. The molecule has 0 spiro atoms. The molecule has 3 rings (SSSR count). The van der Waals surface area contributed by atoms with Gasteiger partial charge in [0.05, 0.1) is 5.39 Å². The number of aromatic nitrogens is 2. The van der Waals surface area contributed by atoms with Gasteiger partial charge in [-0.15, -0.1) is 11.3 Å². The standard InChI is InChI=1S/C15H14ClN3S/c1-10-8-13-14(18-9-19-15(13)20-10)17-7-6-11-2-4-12(16)5-3-11/h2-5,8-9H,6-7H2,1H3,(H,17,18,19). The van der Waals surface area contributed by atoms with Crippen molar-refractivity contribution in [3.05, 3.63) is 52.1 Å². The number of rotatable bonds is 4. The molecule has 0 unspecified atom stereocenters. The van der Waals surface area contributed by atoms with E-state index in [1.165, 1.54) is 10.4 Å². The fraction of sp³-hybridized carbons (Fsp3) is 0.200. The highest BCUT2D eigenvalue weighted by molar-refractivity contribution is 7.18. The van der Waals surface area contributed by atoms with Crippen LogP contribution in [0.2, 0.25) is 5.02 Å². The number of nitrogens with one attached hydrogen (secondary N) is 1. The van der Waals surface area contributed by atoms with E-state index in [4.69, 9.17) is 11.6 Å². The number of halogens is 1. The van der Waals surface area contributed by atoms with Crippen molar-refractivity contribution in [3.63, 3.8) is 0 Å². The summed E-state index contributed by atoms with van der Waals surface area (Å²) in [6, 6.07) is 10.1. The van der Waals surface area contributed by atoms with E-state index in [0.29, 0.717) is 0 Å². The van der Waals surface area contributed by atoms with Crippen molar-refractivity contribution >= 4 is 39.0 Å². The lowest BCUT2D eigenvalue weighted by Gasteiger charge is -2.06. The van der Waals surface area contributed by atoms with E-state index in [1.807, 2.05) is 24.3 Å². The van der Waals surface area contributed by atoms with Crippen molar-refractivity contribution in [1.82, 2.24) is 9.97 Å². The number of hydrogen-bond donors (Lipinski definition) is 1. The van der Waals surface area contributed by atoms with E-state index in [2.05, 4.69) is 28.3 Å². The summed E-state index contributed by atoms with van der Waals surface area (Å²) in [4.78, 5) is 10.9. The van der Waals surface area contributed by atoms with E-state index in [-0.39, 0.29) is 0 Å². The molecule has 0 radical (unpaired) electrons. The fourth-order valence-corrected chi connectivity index (χ4v) is 3.07. The van der Waals surface area contributed by atoms with Crippen molar-refractivity contribution in [2.24, 2.45) is 0 Å². The smallest absolute Gasteiger partial charge is 0.138 e. The Morgan fingerprint density at radius 1 is 1.20 bits per heavy atom. The molecule has 0 aliphatic rings. The van der Waals surface area contributed by atoms with Crippen LogP contribution in [-0.2, 0) is 6.42 Å². The zero-order valence-electron chi connectivity index (χ0n) is 11.1. The van der Waals surface area contributed by atoms with Crippen molar-refractivity contribution in [1.29, 1.82) is 0 Å². The van der Waals surface area contributed by atoms with Gasteiger partial charge in [0.2, 0.25) is 0 Å². The van der Waals surface area contributed by atoms with Gasteiger partial charge in [0.15, 0.2) is 0 Å². The Morgan fingerprint density at radius 3 is 2.80 bits per heavy atom. The zero-order chi connectivity index (χ0) is 13.9. The Labute approximate surface area is 126 Å². The van der Waals surface area contributed by atoms with E-state index in [1.54, 1.807) is 17.7 Å². The molecule has 0 aliphatic heterocycles. The normalized spacial score (nSPS) is 10.9. The second kappa shape index (κ2) is 5.77. The van der Waals surface area contributed by atoms with Crippen LogP contribution in [0.15, 0.2) is 36.7 Å². The number of hydrogen-bond acceptors (Lipinski definition) is 4. The van der Waals surface area contributed by atoms with Crippen molar-refractivity contribution in [2.45, 2.75) is 13.3 Å². The Balaban J connectivity index is 1.69. The van der Waals surface area contributed by atoms with Gasteiger partial charge in [-0.1, -0.05) is 23.7 Å². The fourth-order valence-electron chi connectivity index (χ4n) is 2.09. The molecule has 0 bridgehead atoms. The topological polar surface area (TPSA) is 37.8 Å². The Kier molecular flexibility index (Phi) is 3.85. The number of thiophene rings is 1. The van der Waals surface area contributed by atoms with Crippen LogP contribution in [-0.4, -0.2) is 16.5 Å². The second-order valence-corrected chi connectivity index (χ2v) is 6.27. The molecule has 0 saturated carbocycles. The summed E-state index contributed by atoms with van der Waals surface area (Å²) in [5.74, 6) is 0.910. The van der Waals surface area contributed by atoms with Crippen molar-refractivity contribution in [3.8, 4) is 0 Å². The highest BCUT2D eigenvalue weighted by atomic mass is 35.5. The Morgan fingerprint density at radius 2 is 2.00 bits per heavy atom. The third kappa shape index (κ3) is 2.92. The molecule has 1 aromatic carbocycles. The molecule has 2 aromatic heterocycles. The molecule has 3 nitrogen and oxygen atoms in total. The minimum Gasteiger partial charge on any atom is -0.369 e. The Bertz CT molecular complexity index is 722. The summed E-state index contributed by atoms with van der Waals surface area (Å²) in [5, 5.41) is 5.26.